The summed E-state index contributed by atoms with van der Waals surface area (Å²) in [5, 5.41) is 14.6. The van der Waals surface area contributed by atoms with E-state index in [1.807, 2.05) is 30.3 Å². The number of likely N-dealkylation sites (tertiary alicyclic amines) is 1. The van der Waals surface area contributed by atoms with Crippen molar-refractivity contribution in [2.24, 2.45) is 0 Å². The number of aromatic nitrogens is 2. The normalized spacial score (nSPS) is 21.9. The van der Waals surface area contributed by atoms with Crippen LogP contribution in [0.3, 0.4) is 0 Å². The monoisotopic (exact) mass is 515 g/mol. The SMILES string of the molecule is CN1CCC[C@H]1COc1nc2c(c(N3CCNC(CC#N)C3)n1)CCN(c1c(F)ccc3ccccc13)C2. The first-order valence-electron chi connectivity index (χ1n) is 13.6. The van der Waals surface area contributed by atoms with E-state index >= 15 is 4.39 Å². The largest absolute Gasteiger partial charge is 0.462 e. The lowest BCUT2D eigenvalue weighted by molar-refractivity contribution is 0.187. The van der Waals surface area contributed by atoms with Crippen molar-refractivity contribution in [2.45, 2.75) is 44.3 Å². The predicted molar refractivity (Wildman–Crippen MR) is 146 cm³/mol. The molecule has 6 rings (SSSR count). The molecule has 0 bridgehead atoms. The third-order valence-corrected chi connectivity index (χ3v) is 8.16. The summed E-state index contributed by atoms with van der Waals surface area (Å²) in [5.41, 5.74) is 2.61. The number of rotatable bonds is 6. The smallest absolute Gasteiger partial charge is 0.318 e. The molecule has 0 radical (unpaired) electrons. The molecule has 198 valence electrons. The second kappa shape index (κ2) is 10.7. The Hall–Kier alpha value is -3.48. The second-order valence-electron chi connectivity index (χ2n) is 10.6. The summed E-state index contributed by atoms with van der Waals surface area (Å²) in [5.74, 6) is 0.677. The maximum atomic E-state index is 15.2. The van der Waals surface area contributed by atoms with Gasteiger partial charge in [-0.25, -0.2) is 4.39 Å². The lowest BCUT2D eigenvalue weighted by atomic mass is 10.0. The van der Waals surface area contributed by atoms with Crippen LogP contribution in [0.5, 0.6) is 6.01 Å². The number of hydrogen-bond donors (Lipinski definition) is 1. The number of ether oxygens (including phenoxy) is 1. The Morgan fingerprint density at radius 3 is 2.87 bits per heavy atom. The van der Waals surface area contributed by atoms with Gasteiger partial charge in [0.15, 0.2) is 0 Å². The number of likely N-dealkylation sites (N-methyl/N-ethyl adjacent to an activating group) is 1. The van der Waals surface area contributed by atoms with Gasteiger partial charge in [0.25, 0.3) is 0 Å². The van der Waals surface area contributed by atoms with Crippen molar-refractivity contribution in [1.29, 1.82) is 5.26 Å². The molecule has 2 saturated heterocycles. The highest BCUT2D eigenvalue weighted by atomic mass is 19.1. The van der Waals surface area contributed by atoms with E-state index in [1.54, 1.807) is 6.07 Å². The molecule has 0 spiro atoms. The van der Waals surface area contributed by atoms with Crippen LogP contribution in [-0.2, 0) is 13.0 Å². The average molecular weight is 516 g/mol. The minimum atomic E-state index is -0.219. The topological polar surface area (TPSA) is 80.5 Å². The molecule has 3 aromatic rings. The minimum Gasteiger partial charge on any atom is -0.462 e. The number of halogens is 1. The van der Waals surface area contributed by atoms with E-state index in [2.05, 4.69) is 33.1 Å². The molecule has 0 saturated carbocycles. The molecule has 1 unspecified atom stereocenters. The molecule has 3 aliphatic rings. The van der Waals surface area contributed by atoms with Crippen molar-refractivity contribution >= 4 is 22.3 Å². The van der Waals surface area contributed by atoms with Gasteiger partial charge in [0, 0.05) is 49.2 Å². The quantitative estimate of drug-likeness (QED) is 0.535. The summed E-state index contributed by atoms with van der Waals surface area (Å²) in [6.45, 7) is 5.10. The first kappa shape index (κ1) is 24.8. The zero-order valence-electron chi connectivity index (χ0n) is 21.9. The van der Waals surface area contributed by atoms with E-state index in [9.17, 15) is 5.26 Å². The van der Waals surface area contributed by atoms with Crippen LogP contribution in [0.4, 0.5) is 15.9 Å². The van der Waals surface area contributed by atoms with Crippen LogP contribution < -0.4 is 19.9 Å². The van der Waals surface area contributed by atoms with E-state index in [0.29, 0.717) is 56.8 Å². The fourth-order valence-corrected chi connectivity index (χ4v) is 6.08. The van der Waals surface area contributed by atoms with Crippen LogP contribution in [-0.4, -0.2) is 73.3 Å². The van der Waals surface area contributed by atoms with Gasteiger partial charge in [-0.2, -0.15) is 15.2 Å². The first-order chi connectivity index (χ1) is 18.6. The number of piperazine rings is 1. The molecule has 4 heterocycles. The molecule has 2 aromatic carbocycles. The van der Waals surface area contributed by atoms with E-state index in [-0.39, 0.29) is 11.9 Å². The van der Waals surface area contributed by atoms with Crippen molar-refractivity contribution in [3.63, 3.8) is 0 Å². The molecule has 9 heteroatoms. The fourth-order valence-electron chi connectivity index (χ4n) is 6.08. The standard InChI is InChI=1S/C29H34FN7O/c1-35-14-4-6-22(35)19-38-29-33-26-18-36(27-23-7-3-2-5-20(23)8-9-25(27)30)15-11-24(26)28(34-29)37-16-13-32-21(17-37)10-12-31/h2-3,5,7-9,21-22,32H,4,6,10-11,13-19H2,1H3/t21?,22-/m0/s1. The Kier molecular flexibility index (Phi) is 7.00. The average Bonchev–Trinajstić information content (AvgIpc) is 3.36. The van der Waals surface area contributed by atoms with Crippen molar-refractivity contribution in [3.05, 3.63) is 53.5 Å². The predicted octanol–water partition coefficient (Wildman–Crippen LogP) is 3.50. The third-order valence-electron chi connectivity index (χ3n) is 8.16. The molecule has 3 aliphatic heterocycles. The van der Waals surface area contributed by atoms with Gasteiger partial charge in [0.2, 0.25) is 0 Å². The Bertz CT molecular complexity index is 1360. The number of hydrogen-bond acceptors (Lipinski definition) is 8. The van der Waals surface area contributed by atoms with Gasteiger partial charge < -0.3 is 24.8 Å². The maximum Gasteiger partial charge on any atom is 0.318 e. The molecule has 0 aliphatic carbocycles. The summed E-state index contributed by atoms with van der Waals surface area (Å²) in [6.07, 6.45) is 3.45. The third kappa shape index (κ3) is 4.86. The van der Waals surface area contributed by atoms with Gasteiger partial charge in [-0.3, -0.25) is 0 Å². The Morgan fingerprint density at radius 1 is 1.13 bits per heavy atom. The summed E-state index contributed by atoms with van der Waals surface area (Å²) >= 11 is 0. The summed E-state index contributed by atoms with van der Waals surface area (Å²) in [7, 11) is 2.13. The van der Waals surface area contributed by atoms with Gasteiger partial charge in [-0.1, -0.05) is 30.3 Å². The highest BCUT2D eigenvalue weighted by Gasteiger charge is 2.30. The van der Waals surface area contributed by atoms with Crippen LogP contribution >= 0.6 is 0 Å². The van der Waals surface area contributed by atoms with Crippen molar-refractivity contribution in [3.8, 4) is 12.1 Å². The maximum absolute atomic E-state index is 15.2. The highest BCUT2D eigenvalue weighted by molar-refractivity contribution is 5.94. The van der Waals surface area contributed by atoms with Crippen molar-refractivity contribution in [1.82, 2.24) is 20.2 Å². The van der Waals surface area contributed by atoms with Gasteiger partial charge >= 0.3 is 6.01 Å². The van der Waals surface area contributed by atoms with Crippen LogP contribution in [0.1, 0.15) is 30.5 Å². The second-order valence-corrected chi connectivity index (χ2v) is 10.6. The number of nitrogens with one attached hydrogen (secondary N) is 1. The fraction of sp³-hybridized carbons (Fsp3) is 0.483. The number of nitrogens with zero attached hydrogens (tertiary/aromatic N) is 6. The molecule has 38 heavy (non-hydrogen) atoms. The van der Waals surface area contributed by atoms with E-state index in [0.717, 1.165) is 53.9 Å². The van der Waals surface area contributed by atoms with E-state index in [1.165, 1.54) is 6.42 Å². The molecule has 1 aromatic heterocycles. The lowest BCUT2D eigenvalue weighted by Crippen LogP contribution is -2.51. The van der Waals surface area contributed by atoms with Crippen molar-refractivity contribution < 1.29 is 9.13 Å². The van der Waals surface area contributed by atoms with Crippen LogP contribution in [0.25, 0.3) is 10.8 Å². The molecular formula is C29H34FN7O. The molecule has 0 amide bonds. The minimum absolute atomic E-state index is 0.0979. The molecular weight excluding hydrogens is 481 g/mol. The van der Waals surface area contributed by atoms with Crippen molar-refractivity contribution in [2.75, 3.05) is 56.2 Å². The van der Waals surface area contributed by atoms with Gasteiger partial charge in [-0.05, 0) is 44.3 Å². The van der Waals surface area contributed by atoms with Gasteiger partial charge in [0.1, 0.15) is 18.2 Å². The summed E-state index contributed by atoms with van der Waals surface area (Å²) < 4.78 is 21.4. The Labute approximate surface area is 223 Å². The van der Waals surface area contributed by atoms with Gasteiger partial charge in [-0.15, -0.1) is 0 Å². The molecule has 2 fully saturated rings. The molecule has 2 atom stereocenters. The number of benzene rings is 2. The highest BCUT2D eigenvalue weighted by Crippen LogP contribution is 2.36. The molecule has 8 nitrogen and oxygen atoms in total. The van der Waals surface area contributed by atoms with Gasteiger partial charge in [0.05, 0.1) is 30.4 Å². The Balaban J connectivity index is 1.34. The first-order valence-corrected chi connectivity index (χ1v) is 13.6. The Morgan fingerprint density at radius 2 is 2.03 bits per heavy atom. The number of nitriles is 1. The van der Waals surface area contributed by atoms with Crippen LogP contribution in [0, 0.1) is 17.1 Å². The summed E-state index contributed by atoms with van der Waals surface area (Å²) in [6, 6.07) is 14.5. The van der Waals surface area contributed by atoms with E-state index in [4.69, 9.17) is 14.7 Å². The summed E-state index contributed by atoms with van der Waals surface area (Å²) in [4.78, 5) is 16.5. The molecule has 1 N–H and O–H groups in total. The number of fused-ring (bicyclic) bond motifs is 2. The van der Waals surface area contributed by atoms with Crippen LogP contribution in [0.15, 0.2) is 36.4 Å². The van der Waals surface area contributed by atoms with E-state index < -0.39 is 0 Å². The number of anilines is 2. The van der Waals surface area contributed by atoms with Crippen LogP contribution in [0.2, 0.25) is 0 Å². The zero-order chi connectivity index (χ0) is 26.1. The zero-order valence-corrected chi connectivity index (χ0v) is 21.9. The lowest BCUT2D eigenvalue weighted by Gasteiger charge is -2.37.